The van der Waals surface area contributed by atoms with E-state index in [-0.39, 0.29) is 5.96 Å². The van der Waals surface area contributed by atoms with Crippen molar-refractivity contribution in [2.75, 3.05) is 11.4 Å². The van der Waals surface area contributed by atoms with Gasteiger partial charge in [0.1, 0.15) is 0 Å². The predicted molar refractivity (Wildman–Crippen MR) is 65.3 cm³/mol. The van der Waals surface area contributed by atoms with Crippen LogP contribution in [0.5, 0.6) is 0 Å². The molecule has 0 aliphatic carbocycles. The molecule has 1 aromatic carbocycles. The quantitative estimate of drug-likeness (QED) is 0.363. The summed E-state index contributed by atoms with van der Waals surface area (Å²) in [5.74, 6) is 5.34. The van der Waals surface area contributed by atoms with Gasteiger partial charge >= 0.3 is 0 Å². The zero-order valence-electron chi connectivity index (χ0n) is 8.24. The van der Waals surface area contributed by atoms with E-state index >= 15 is 0 Å². The number of guanidine groups is 1. The van der Waals surface area contributed by atoms with Gasteiger partial charge in [0.15, 0.2) is 0 Å². The lowest BCUT2D eigenvalue weighted by molar-refractivity contribution is 1.02. The first-order valence-corrected chi connectivity index (χ1v) is 5.11. The lowest BCUT2D eigenvalue weighted by Gasteiger charge is -2.21. The second-order valence-electron chi connectivity index (χ2n) is 2.86. The third kappa shape index (κ3) is 2.91. The van der Waals surface area contributed by atoms with Crippen molar-refractivity contribution in [3.8, 4) is 0 Å². The highest BCUT2D eigenvalue weighted by Crippen LogP contribution is 2.25. The summed E-state index contributed by atoms with van der Waals surface area (Å²) in [7, 11) is 0. The minimum atomic E-state index is 0.218. The van der Waals surface area contributed by atoms with Gasteiger partial charge in [-0.1, -0.05) is 23.2 Å². The second kappa shape index (κ2) is 5.09. The van der Waals surface area contributed by atoms with Crippen LogP contribution in [0, 0.1) is 0 Å². The standard InChI is InChI=1S/C9H12Cl2N4/c1-2-15(9(12)14-13)8-4-6(10)3-7(11)5-8/h3-5H,2,13H2,1H3,(H2,12,14). The predicted octanol–water partition coefficient (Wildman–Crippen LogP) is 2.01. The van der Waals surface area contributed by atoms with Gasteiger partial charge in [0.25, 0.3) is 0 Å². The molecule has 4 nitrogen and oxygen atoms in total. The zero-order chi connectivity index (χ0) is 11.4. The van der Waals surface area contributed by atoms with Gasteiger partial charge in [-0.2, -0.15) is 0 Å². The molecule has 0 aliphatic heterocycles. The van der Waals surface area contributed by atoms with Gasteiger partial charge in [-0.05, 0) is 25.1 Å². The Labute approximate surface area is 98.4 Å². The fraction of sp³-hybridized carbons (Fsp3) is 0.222. The van der Waals surface area contributed by atoms with Crippen molar-refractivity contribution < 1.29 is 0 Å². The van der Waals surface area contributed by atoms with E-state index < -0.39 is 0 Å². The summed E-state index contributed by atoms with van der Waals surface area (Å²) in [4.78, 5) is 1.71. The van der Waals surface area contributed by atoms with E-state index in [1.165, 1.54) is 0 Å². The first-order valence-electron chi connectivity index (χ1n) is 4.35. The minimum Gasteiger partial charge on any atom is -0.368 e. The Bertz CT molecular complexity index is 358. The van der Waals surface area contributed by atoms with Crippen LogP contribution in [0.25, 0.3) is 0 Å². The maximum absolute atomic E-state index is 5.88. The Balaban J connectivity index is 3.12. The average molecular weight is 247 g/mol. The number of halogens is 2. The lowest BCUT2D eigenvalue weighted by Crippen LogP contribution is -2.38. The Morgan fingerprint density at radius 3 is 2.27 bits per heavy atom. The molecule has 0 atom stereocenters. The lowest BCUT2D eigenvalue weighted by atomic mass is 10.3. The molecule has 0 aliphatic rings. The van der Waals surface area contributed by atoms with Crippen molar-refractivity contribution in [2.24, 2.45) is 16.7 Å². The Morgan fingerprint density at radius 1 is 1.33 bits per heavy atom. The van der Waals surface area contributed by atoms with E-state index in [0.29, 0.717) is 16.6 Å². The summed E-state index contributed by atoms with van der Waals surface area (Å²) >= 11 is 11.8. The van der Waals surface area contributed by atoms with Crippen molar-refractivity contribution in [3.63, 3.8) is 0 Å². The molecular formula is C9H12Cl2N4. The molecule has 0 radical (unpaired) electrons. The van der Waals surface area contributed by atoms with Gasteiger partial charge < -0.3 is 16.5 Å². The topological polar surface area (TPSA) is 67.6 Å². The summed E-state index contributed by atoms with van der Waals surface area (Å²) < 4.78 is 0. The molecule has 0 saturated carbocycles. The first kappa shape index (κ1) is 11.9. The van der Waals surface area contributed by atoms with Crippen LogP contribution in [0.3, 0.4) is 0 Å². The number of rotatable bonds is 2. The fourth-order valence-electron chi connectivity index (χ4n) is 1.24. The molecule has 6 heteroatoms. The van der Waals surface area contributed by atoms with Crippen LogP contribution in [-0.2, 0) is 0 Å². The van der Waals surface area contributed by atoms with Gasteiger partial charge in [-0.3, -0.25) is 0 Å². The molecule has 4 N–H and O–H groups in total. The van der Waals surface area contributed by atoms with E-state index in [9.17, 15) is 0 Å². The highest BCUT2D eigenvalue weighted by Gasteiger charge is 2.09. The van der Waals surface area contributed by atoms with E-state index in [1.807, 2.05) is 6.92 Å². The number of hydrogen-bond acceptors (Lipinski definition) is 2. The van der Waals surface area contributed by atoms with E-state index in [0.717, 1.165) is 5.69 Å². The molecular weight excluding hydrogens is 235 g/mol. The molecule has 1 rings (SSSR count). The molecule has 15 heavy (non-hydrogen) atoms. The van der Waals surface area contributed by atoms with Crippen LogP contribution < -0.4 is 16.5 Å². The first-order chi connectivity index (χ1) is 7.08. The smallest absolute Gasteiger partial charge is 0.217 e. The number of hydrazone groups is 1. The average Bonchev–Trinajstić information content (AvgIpc) is 2.17. The van der Waals surface area contributed by atoms with Crippen molar-refractivity contribution in [2.45, 2.75) is 6.92 Å². The Kier molecular flexibility index (Phi) is 4.05. The summed E-state index contributed by atoms with van der Waals surface area (Å²) in [5, 5.41) is 4.51. The molecule has 0 spiro atoms. The number of nitrogens with zero attached hydrogens (tertiary/aromatic N) is 2. The van der Waals surface area contributed by atoms with Crippen LogP contribution in [0.2, 0.25) is 10.0 Å². The monoisotopic (exact) mass is 246 g/mol. The Morgan fingerprint density at radius 2 is 1.87 bits per heavy atom. The molecule has 0 unspecified atom stereocenters. The van der Waals surface area contributed by atoms with E-state index in [1.54, 1.807) is 23.1 Å². The molecule has 0 bridgehead atoms. The largest absolute Gasteiger partial charge is 0.368 e. The number of benzene rings is 1. The summed E-state index contributed by atoms with van der Waals surface area (Å²) in [6, 6.07) is 5.14. The Hall–Kier alpha value is -1.13. The third-order valence-corrected chi connectivity index (χ3v) is 2.32. The van der Waals surface area contributed by atoms with Gasteiger partial charge in [0.2, 0.25) is 5.96 Å². The van der Waals surface area contributed by atoms with E-state index in [2.05, 4.69) is 5.10 Å². The van der Waals surface area contributed by atoms with Crippen molar-refractivity contribution in [1.29, 1.82) is 0 Å². The third-order valence-electron chi connectivity index (χ3n) is 1.88. The fourth-order valence-corrected chi connectivity index (χ4v) is 1.76. The number of anilines is 1. The van der Waals surface area contributed by atoms with Gasteiger partial charge in [0.05, 0.1) is 0 Å². The SMILES string of the molecule is CCN(/C(N)=N/N)c1cc(Cl)cc(Cl)c1. The van der Waals surface area contributed by atoms with Crippen LogP contribution in [0.15, 0.2) is 23.3 Å². The molecule has 0 saturated heterocycles. The van der Waals surface area contributed by atoms with Gasteiger partial charge in [-0.25, -0.2) is 0 Å². The van der Waals surface area contributed by atoms with Gasteiger partial charge in [0, 0.05) is 22.3 Å². The number of hydrogen-bond donors (Lipinski definition) is 2. The zero-order valence-corrected chi connectivity index (χ0v) is 9.76. The molecule has 0 aromatic heterocycles. The van der Waals surface area contributed by atoms with Crippen LogP contribution >= 0.6 is 23.2 Å². The number of nitrogens with two attached hydrogens (primary N) is 2. The maximum atomic E-state index is 5.88. The van der Waals surface area contributed by atoms with Crippen LogP contribution in [0.4, 0.5) is 5.69 Å². The minimum absolute atomic E-state index is 0.218. The normalized spacial score (nSPS) is 11.5. The summed E-state index contributed by atoms with van der Waals surface area (Å²) in [5.41, 5.74) is 6.39. The molecule has 0 fully saturated rings. The van der Waals surface area contributed by atoms with Crippen molar-refractivity contribution >= 4 is 34.8 Å². The second-order valence-corrected chi connectivity index (χ2v) is 3.73. The van der Waals surface area contributed by atoms with Crippen LogP contribution in [-0.4, -0.2) is 12.5 Å². The van der Waals surface area contributed by atoms with Crippen LogP contribution in [0.1, 0.15) is 6.92 Å². The summed E-state index contributed by atoms with van der Waals surface area (Å²) in [6.45, 7) is 2.55. The van der Waals surface area contributed by atoms with E-state index in [4.69, 9.17) is 34.8 Å². The van der Waals surface area contributed by atoms with Crippen molar-refractivity contribution in [3.05, 3.63) is 28.2 Å². The molecule has 1 aromatic rings. The molecule has 0 amide bonds. The molecule has 0 heterocycles. The highest BCUT2D eigenvalue weighted by molar-refractivity contribution is 6.35. The maximum Gasteiger partial charge on any atom is 0.217 e. The highest BCUT2D eigenvalue weighted by atomic mass is 35.5. The van der Waals surface area contributed by atoms with Gasteiger partial charge in [-0.15, -0.1) is 5.10 Å². The van der Waals surface area contributed by atoms with Crippen molar-refractivity contribution in [1.82, 2.24) is 0 Å². The molecule has 82 valence electrons. The summed E-state index contributed by atoms with van der Waals surface area (Å²) in [6.07, 6.45) is 0.